The summed E-state index contributed by atoms with van der Waals surface area (Å²) in [6, 6.07) is 10.9. The normalized spacial score (nSPS) is 15.7. The molecule has 0 radical (unpaired) electrons. The van der Waals surface area contributed by atoms with Crippen molar-refractivity contribution >= 4 is 67.5 Å². The van der Waals surface area contributed by atoms with Gasteiger partial charge in [-0.05, 0) is 82.7 Å². The van der Waals surface area contributed by atoms with Crippen LogP contribution in [-0.4, -0.2) is 27.8 Å². The molecule has 1 saturated heterocycles. The van der Waals surface area contributed by atoms with Crippen LogP contribution >= 0.6 is 50.3 Å². The number of nitrogens with zero attached hydrogens (tertiary/aromatic N) is 1. The number of halogens is 2. The van der Waals surface area contributed by atoms with Gasteiger partial charge in [0.05, 0.1) is 21.6 Å². The molecule has 0 atom stereocenters. The van der Waals surface area contributed by atoms with Crippen LogP contribution in [0, 0.1) is 3.57 Å². The molecule has 2 aromatic carbocycles. The summed E-state index contributed by atoms with van der Waals surface area (Å²) in [5.74, 6) is 0.0941. The molecule has 1 fully saturated rings. The predicted octanol–water partition coefficient (Wildman–Crippen LogP) is 5.39. The Morgan fingerprint density at radius 3 is 2.63 bits per heavy atom. The van der Waals surface area contributed by atoms with Gasteiger partial charge in [-0.2, -0.15) is 0 Å². The van der Waals surface area contributed by atoms with E-state index in [0.29, 0.717) is 26.4 Å². The Balaban J connectivity index is 1.85. The zero-order chi connectivity index (χ0) is 19.6. The van der Waals surface area contributed by atoms with Crippen molar-refractivity contribution in [3.63, 3.8) is 0 Å². The van der Waals surface area contributed by atoms with Gasteiger partial charge in [0.2, 0.25) is 0 Å². The monoisotopic (exact) mass is 559 g/mol. The maximum Gasteiger partial charge on any atom is 0.293 e. The van der Waals surface area contributed by atoms with Crippen LogP contribution in [0.2, 0.25) is 0 Å². The Labute approximate surface area is 183 Å². The predicted molar refractivity (Wildman–Crippen MR) is 118 cm³/mol. The number of phenols is 1. The van der Waals surface area contributed by atoms with E-state index in [0.717, 1.165) is 21.8 Å². The third-order valence-electron chi connectivity index (χ3n) is 3.78. The first kappa shape index (κ1) is 20.2. The first-order valence-corrected chi connectivity index (χ1v) is 10.7. The van der Waals surface area contributed by atoms with E-state index in [9.17, 15) is 14.7 Å². The van der Waals surface area contributed by atoms with Crippen molar-refractivity contribution in [2.45, 2.75) is 13.5 Å². The number of benzene rings is 2. The van der Waals surface area contributed by atoms with Gasteiger partial charge in [-0.1, -0.05) is 28.1 Å². The molecule has 0 saturated carbocycles. The fourth-order valence-electron chi connectivity index (χ4n) is 2.50. The largest absolute Gasteiger partial charge is 0.504 e. The summed E-state index contributed by atoms with van der Waals surface area (Å²) in [6.45, 7) is 2.47. The minimum Gasteiger partial charge on any atom is -0.504 e. The number of aromatic hydroxyl groups is 1. The second kappa shape index (κ2) is 8.66. The van der Waals surface area contributed by atoms with Crippen LogP contribution in [0.15, 0.2) is 45.8 Å². The van der Waals surface area contributed by atoms with Gasteiger partial charge in [0.1, 0.15) is 0 Å². The van der Waals surface area contributed by atoms with Crippen molar-refractivity contribution in [1.82, 2.24) is 4.90 Å². The van der Waals surface area contributed by atoms with E-state index in [1.807, 2.05) is 53.8 Å². The molecule has 0 bridgehead atoms. The summed E-state index contributed by atoms with van der Waals surface area (Å²) in [7, 11) is 0. The molecule has 3 rings (SSSR count). The van der Waals surface area contributed by atoms with Crippen LogP contribution < -0.4 is 4.74 Å². The second-order valence-electron chi connectivity index (χ2n) is 5.68. The lowest BCUT2D eigenvalue weighted by Crippen LogP contribution is -2.27. The van der Waals surface area contributed by atoms with Gasteiger partial charge in [-0.15, -0.1) is 0 Å². The quantitative estimate of drug-likeness (QED) is 0.393. The van der Waals surface area contributed by atoms with Crippen molar-refractivity contribution < 1.29 is 19.4 Å². The molecule has 140 valence electrons. The summed E-state index contributed by atoms with van der Waals surface area (Å²) in [5.41, 5.74) is 1.56. The van der Waals surface area contributed by atoms with Gasteiger partial charge in [-0.25, -0.2) is 0 Å². The standard InChI is InChI=1S/C19H15BrINO4S/c1-2-26-15-8-12(7-14(21)17(15)23)9-16-18(24)22(19(25)27-16)10-11-3-5-13(20)6-4-11/h3-9,23H,2,10H2,1H3/b16-9+. The van der Waals surface area contributed by atoms with Gasteiger partial charge in [-0.3, -0.25) is 14.5 Å². The zero-order valence-corrected chi connectivity index (χ0v) is 18.8. The van der Waals surface area contributed by atoms with Gasteiger partial charge in [0.15, 0.2) is 11.5 Å². The highest BCUT2D eigenvalue weighted by Gasteiger charge is 2.35. The first-order valence-electron chi connectivity index (χ1n) is 8.04. The van der Waals surface area contributed by atoms with E-state index in [-0.39, 0.29) is 23.4 Å². The summed E-state index contributed by atoms with van der Waals surface area (Å²) in [6.07, 6.45) is 1.65. The Morgan fingerprint density at radius 1 is 1.26 bits per heavy atom. The Bertz CT molecular complexity index is 930. The molecule has 0 spiro atoms. The van der Waals surface area contributed by atoms with Crippen LogP contribution in [0.4, 0.5) is 4.79 Å². The number of rotatable bonds is 5. The lowest BCUT2D eigenvalue weighted by molar-refractivity contribution is -0.123. The highest BCUT2D eigenvalue weighted by atomic mass is 127. The van der Waals surface area contributed by atoms with Crippen molar-refractivity contribution in [3.05, 3.63) is 60.5 Å². The van der Waals surface area contributed by atoms with Crippen LogP contribution in [-0.2, 0) is 11.3 Å². The van der Waals surface area contributed by atoms with Gasteiger partial charge in [0.25, 0.3) is 11.1 Å². The molecule has 5 nitrogen and oxygen atoms in total. The van der Waals surface area contributed by atoms with Crippen molar-refractivity contribution in [2.24, 2.45) is 0 Å². The fourth-order valence-corrected chi connectivity index (χ4v) is 4.23. The Morgan fingerprint density at radius 2 is 1.96 bits per heavy atom. The van der Waals surface area contributed by atoms with E-state index in [4.69, 9.17) is 4.74 Å². The molecule has 1 N–H and O–H groups in total. The first-order chi connectivity index (χ1) is 12.9. The second-order valence-corrected chi connectivity index (χ2v) is 8.75. The fraction of sp³-hybridized carbons (Fsp3) is 0.158. The number of hydrogen-bond donors (Lipinski definition) is 1. The number of carbonyl (C=O) groups is 2. The topological polar surface area (TPSA) is 66.8 Å². The minimum absolute atomic E-state index is 0.0675. The third kappa shape index (κ3) is 4.67. The summed E-state index contributed by atoms with van der Waals surface area (Å²) in [4.78, 5) is 26.6. The minimum atomic E-state index is -0.325. The lowest BCUT2D eigenvalue weighted by atomic mass is 10.1. The lowest BCUT2D eigenvalue weighted by Gasteiger charge is -2.12. The SMILES string of the molecule is CCOc1cc(/C=C2/SC(=O)N(Cc3ccc(Br)cc3)C2=O)cc(I)c1O. The molecule has 1 heterocycles. The smallest absolute Gasteiger partial charge is 0.293 e. The molecule has 0 unspecified atom stereocenters. The third-order valence-corrected chi connectivity index (χ3v) is 6.03. The van der Waals surface area contributed by atoms with Crippen LogP contribution in [0.25, 0.3) is 6.08 Å². The molecule has 8 heteroatoms. The molecular weight excluding hydrogens is 545 g/mol. The molecule has 27 heavy (non-hydrogen) atoms. The molecular formula is C19H15BrINO4S. The molecule has 1 aliphatic heterocycles. The summed E-state index contributed by atoms with van der Waals surface area (Å²) in [5, 5.41) is 9.74. The number of hydrogen-bond acceptors (Lipinski definition) is 5. The van der Waals surface area contributed by atoms with Gasteiger partial charge in [0, 0.05) is 4.47 Å². The molecule has 2 amide bonds. The average molecular weight is 560 g/mol. The highest BCUT2D eigenvalue weighted by molar-refractivity contribution is 14.1. The molecule has 2 aromatic rings. The van der Waals surface area contributed by atoms with E-state index < -0.39 is 0 Å². The van der Waals surface area contributed by atoms with Crippen LogP contribution in [0.3, 0.4) is 0 Å². The average Bonchev–Trinajstić information content (AvgIpc) is 2.88. The number of ether oxygens (including phenoxy) is 1. The number of amides is 2. The van der Waals surface area contributed by atoms with E-state index in [2.05, 4.69) is 15.9 Å². The summed E-state index contributed by atoms with van der Waals surface area (Å²) < 4.78 is 6.97. The summed E-state index contributed by atoms with van der Waals surface area (Å²) >= 11 is 6.28. The van der Waals surface area contributed by atoms with Crippen LogP contribution in [0.1, 0.15) is 18.1 Å². The Hall–Kier alpha value is -1.52. The number of phenolic OH excluding ortho intramolecular Hbond substituents is 1. The number of thioether (sulfide) groups is 1. The van der Waals surface area contributed by atoms with Crippen molar-refractivity contribution in [3.8, 4) is 11.5 Å². The van der Waals surface area contributed by atoms with E-state index in [1.165, 1.54) is 4.90 Å². The Kier molecular flexibility index (Phi) is 6.48. The number of carbonyl (C=O) groups excluding carboxylic acids is 2. The van der Waals surface area contributed by atoms with Crippen LogP contribution in [0.5, 0.6) is 11.5 Å². The van der Waals surface area contributed by atoms with E-state index >= 15 is 0 Å². The maximum atomic E-state index is 12.7. The molecule has 1 aliphatic rings. The van der Waals surface area contributed by atoms with Crippen molar-refractivity contribution in [2.75, 3.05) is 6.61 Å². The highest BCUT2D eigenvalue weighted by Crippen LogP contribution is 2.37. The van der Waals surface area contributed by atoms with Gasteiger partial charge >= 0.3 is 0 Å². The van der Waals surface area contributed by atoms with Gasteiger partial charge < -0.3 is 9.84 Å². The number of imide groups is 1. The van der Waals surface area contributed by atoms with E-state index in [1.54, 1.807) is 18.2 Å². The maximum absolute atomic E-state index is 12.7. The van der Waals surface area contributed by atoms with Crippen molar-refractivity contribution in [1.29, 1.82) is 0 Å². The molecule has 0 aromatic heterocycles. The molecule has 0 aliphatic carbocycles. The zero-order valence-electron chi connectivity index (χ0n) is 14.2.